The van der Waals surface area contributed by atoms with Crippen molar-refractivity contribution in [1.82, 2.24) is 10.6 Å². The van der Waals surface area contributed by atoms with Gasteiger partial charge in [-0.2, -0.15) is 0 Å². The molecule has 0 aromatic heterocycles. The molecule has 3 amide bonds. The van der Waals surface area contributed by atoms with E-state index >= 15 is 0 Å². The summed E-state index contributed by atoms with van der Waals surface area (Å²) in [5.74, 6) is -1.12. The average molecular weight is 238 g/mol. The predicted molar refractivity (Wildman–Crippen MR) is 57.8 cm³/mol. The van der Waals surface area contributed by atoms with Crippen LogP contribution in [0.15, 0.2) is 11.3 Å². The molecule has 0 aromatic carbocycles. The van der Waals surface area contributed by atoms with E-state index in [-0.39, 0.29) is 24.0 Å². The molecule has 1 aliphatic heterocycles. The van der Waals surface area contributed by atoms with Crippen molar-refractivity contribution in [2.45, 2.75) is 32.2 Å². The van der Waals surface area contributed by atoms with Gasteiger partial charge < -0.3 is 10.4 Å². The summed E-state index contributed by atoms with van der Waals surface area (Å²) in [6.07, 6.45) is 1.04. The van der Waals surface area contributed by atoms with Gasteiger partial charge in [-0.15, -0.1) is 0 Å². The maximum Gasteiger partial charge on any atom is 0.251 e. The van der Waals surface area contributed by atoms with Crippen molar-refractivity contribution in [3.63, 3.8) is 0 Å². The maximum atomic E-state index is 11.7. The first-order chi connectivity index (χ1) is 7.99. The van der Waals surface area contributed by atoms with E-state index in [0.29, 0.717) is 18.4 Å². The third-order valence-corrected chi connectivity index (χ3v) is 3.10. The zero-order chi connectivity index (χ0) is 12.6. The van der Waals surface area contributed by atoms with Crippen LogP contribution in [0.25, 0.3) is 0 Å². The van der Waals surface area contributed by atoms with E-state index in [1.807, 2.05) is 6.92 Å². The molecule has 1 unspecified atom stereocenters. The zero-order valence-corrected chi connectivity index (χ0v) is 9.45. The molecule has 1 fully saturated rings. The van der Waals surface area contributed by atoms with Crippen LogP contribution in [0.4, 0.5) is 0 Å². The van der Waals surface area contributed by atoms with Gasteiger partial charge in [0, 0.05) is 12.3 Å². The van der Waals surface area contributed by atoms with Crippen LogP contribution in [-0.4, -0.2) is 28.9 Å². The van der Waals surface area contributed by atoms with Gasteiger partial charge in [-0.3, -0.25) is 19.7 Å². The predicted octanol–water partition coefficient (Wildman–Crippen LogP) is -0.240. The number of carbonyl (C=O) groups excluding carboxylic acids is 3. The second-order valence-electron chi connectivity index (χ2n) is 4.45. The Morgan fingerprint density at radius 2 is 2.18 bits per heavy atom. The van der Waals surface area contributed by atoms with E-state index in [9.17, 15) is 19.5 Å². The molecule has 17 heavy (non-hydrogen) atoms. The third kappa shape index (κ3) is 2.15. The number of nitrogens with one attached hydrogen (secondary N) is 2. The van der Waals surface area contributed by atoms with Crippen molar-refractivity contribution >= 4 is 17.7 Å². The smallest absolute Gasteiger partial charge is 0.251 e. The van der Waals surface area contributed by atoms with Crippen LogP contribution >= 0.6 is 0 Å². The Labute approximate surface area is 98.1 Å². The van der Waals surface area contributed by atoms with Crippen molar-refractivity contribution in [3.8, 4) is 0 Å². The summed E-state index contributed by atoms with van der Waals surface area (Å²) in [7, 11) is 0. The number of rotatable bonds is 2. The number of amides is 3. The molecule has 3 N–H and O–H groups in total. The van der Waals surface area contributed by atoms with Crippen LogP contribution in [0.5, 0.6) is 0 Å². The number of piperidine rings is 1. The lowest BCUT2D eigenvalue weighted by Gasteiger charge is -2.28. The fourth-order valence-electron chi connectivity index (χ4n) is 1.96. The number of aliphatic hydroxyl groups is 1. The van der Waals surface area contributed by atoms with Gasteiger partial charge in [-0.05, 0) is 12.8 Å². The van der Waals surface area contributed by atoms with Crippen molar-refractivity contribution in [2.75, 3.05) is 0 Å². The Hall–Kier alpha value is -1.85. The summed E-state index contributed by atoms with van der Waals surface area (Å²) in [5, 5.41) is 14.1. The van der Waals surface area contributed by atoms with Crippen LogP contribution < -0.4 is 10.6 Å². The first kappa shape index (κ1) is 11.6. The lowest BCUT2D eigenvalue weighted by Crippen LogP contribution is -2.53. The van der Waals surface area contributed by atoms with Crippen molar-refractivity contribution in [1.29, 1.82) is 0 Å². The Morgan fingerprint density at radius 1 is 1.47 bits per heavy atom. The average Bonchev–Trinajstić information content (AvgIpc) is 2.29. The minimum atomic E-state index is -0.684. The van der Waals surface area contributed by atoms with E-state index in [1.54, 1.807) is 0 Å². The molecule has 6 heteroatoms. The molecule has 0 bridgehead atoms. The van der Waals surface area contributed by atoms with Gasteiger partial charge in [0.2, 0.25) is 11.8 Å². The van der Waals surface area contributed by atoms with E-state index in [4.69, 9.17) is 0 Å². The van der Waals surface area contributed by atoms with E-state index < -0.39 is 17.9 Å². The van der Waals surface area contributed by atoms with Gasteiger partial charge in [0.25, 0.3) is 5.91 Å². The van der Waals surface area contributed by atoms with Crippen LogP contribution in [0.3, 0.4) is 0 Å². The number of imide groups is 1. The summed E-state index contributed by atoms with van der Waals surface area (Å²) in [6.45, 7) is 1.82. The van der Waals surface area contributed by atoms with Crippen molar-refractivity contribution in [3.05, 3.63) is 11.3 Å². The minimum Gasteiger partial charge on any atom is -0.512 e. The SMILES string of the molecule is C[C@@H]1CC(C(=O)NC2CCC(=O)NC2=O)=C1O. The Kier molecular flexibility index (Phi) is 2.87. The van der Waals surface area contributed by atoms with Crippen LogP contribution in [0, 0.1) is 5.92 Å². The Balaban J connectivity index is 1.96. The van der Waals surface area contributed by atoms with Crippen LogP contribution in [0.1, 0.15) is 26.2 Å². The Bertz CT molecular complexity index is 427. The zero-order valence-electron chi connectivity index (χ0n) is 9.45. The fourth-order valence-corrected chi connectivity index (χ4v) is 1.96. The van der Waals surface area contributed by atoms with Gasteiger partial charge in [-0.25, -0.2) is 0 Å². The second kappa shape index (κ2) is 4.20. The number of aliphatic hydroxyl groups excluding tert-OH is 1. The summed E-state index contributed by atoms with van der Waals surface area (Å²) >= 11 is 0. The van der Waals surface area contributed by atoms with Crippen molar-refractivity contribution < 1.29 is 19.5 Å². The minimum absolute atomic E-state index is 0.0116. The van der Waals surface area contributed by atoms with Gasteiger partial charge in [-0.1, -0.05) is 6.92 Å². The van der Waals surface area contributed by atoms with Gasteiger partial charge in [0.1, 0.15) is 11.8 Å². The molecule has 2 aliphatic rings. The molecular weight excluding hydrogens is 224 g/mol. The molecule has 0 aromatic rings. The highest BCUT2D eigenvalue weighted by Crippen LogP contribution is 2.32. The summed E-state index contributed by atoms with van der Waals surface area (Å²) in [4.78, 5) is 34.0. The molecule has 0 saturated carbocycles. The summed E-state index contributed by atoms with van der Waals surface area (Å²) in [5.41, 5.74) is 0.335. The topological polar surface area (TPSA) is 95.5 Å². The van der Waals surface area contributed by atoms with Gasteiger partial charge in [0.05, 0.1) is 5.57 Å². The van der Waals surface area contributed by atoms with E-state index in [2.05, 4.69) is 10.6 Å². The number of hydrogen-bond donors (Lipinski definition) is 3. The molecule has 1 heterocycles. The number of carbonyl (C=O) groups is 3. The first-order valence-corrected chi connectivity index (χ1v) is 5.55. The summed E-state index contributed by atoms with van der Waals surface area (Å²) in [6, 6.07) is -0.684. The van der Waals surface area contributed by atoms with Crippen molar-refractivity contribution in [2.24, 2.45) is 5.92 Å². The lowest BCUT2D eigenvalue weighted by molar-refractivity contribution is -0.136. The summed E-state index contributed by atoms with van der Waals surface area (Å²) < 4.78 is 0. The molecule has 92 valence electrons. The Morgan fingerprint density at radius 3 is 2.71 bits per heavy atom. The van der Waals surface area contributed by atoms with Crippen LogP contribution in [-0.2, 0) is 14.4 Å². The second-order valence-corrected chi connectivity index (χ2v) is 4.45. The fraction of sp³-hybridized carbons (Fsp3) is 0.545. The highest BCUT2D eigenvalue weighted by molar-refractivity contribution is 6.04. The highest BCUT2D eigenvalue weighted by Gasteiger charge is 2.34. The molecule has 2 rings (SSSR count). The van der Waals surface area contributed by atoms with E-state index in [0.717, 1.165) is 0 Å². The maximum absolute atomic E-state index is 11.7. The lowest BCUT2D eigenvalue weighted by atomic mass is 9.84. The molecule has 0 radical (unpaired) electrons. The molecule has 1 saturated heterocycles. The van der Waals surface area contributed by atoms with E-state index in [1.165, 1.54) is 0 Å². The molecule has 1 aliphatic carbocycles. The highest BCUT2D eigenvalue weighted by atomic mass is 16.3. The molecule has 2 atom stereocenters. The molecule has 6 nitrogen and oxygen atoms in total. The standard InChI is InChI=1S/C11H14N2O4/c1-5-4-6(9(5)15)10(16)12-7-2-3-8(14)13-11(7)17/h5,7,15H,2-4H2,1H3,(H,12,16)(H,13,14,17)/t5-,7?/m1/s1. The largest absolute Gasteiger partial charge is 0.512 e. The number of allylic oxidation sites excluding steroid dienone is 1. The quantitative estimate of drug-likeness (QED) is 0.578. The van der Waals surface area contributed by atoms with Crippen LogP contribution in [0.2, 0.25) is 0 Å². The number of hydrogen-bond acceptors (Lipinski definition) is 4. The first-order valence-electron chi connectivity index (χ1n) is 5.55. The molecular formula is C11H14N2O4. The molecule has 0 spiro atoms. The van der Waals surface area contributed by atoms with Gasteiger partial charge in [0.15, 0.2) is 0 Å². The monoisotopic (exact) mass is 238 g/mol. The normalized spacial score (nSPS) is 28.5. The third-order valence-electron chi connectivity index (χ3n) is 3.10. The van der Waals surface area contributed by atoms with Gasteiger partial charge >= 0.3 is 0 Å².